The van der Waals surface area contributed by atoms with Gasteiger partial charge < -0.3 is 10.1 Å². The van der Waals surface area contributed by atoms with E-state index in [9.17, 15) is 4.79 Å². The molecule has 1 aromatic carbocycles. The summed E-state index contributed by atoms with van der Waals surface area (Å²) in [6.07, 6.45) is 0.750. The molecule has 0 spiro atoms. The van der Waals surface area contributed by atoms with Crippen LogP contribution in [0.15, 0.2) is 36.4 Å². The van der Waals surface area contributed by atoms with E-state index in [1.807, 2.05) is 48.3 Å². The van der Waals surface area contributed by atoms with Crippen LogP contribution in [-0.2, 0) is 17.8 Å². The fourth-order valence-electron chi connectivity index (χ4n) is 2.31. The highest BCUT2D eigenvalue weighted by Crippen LogP contribution is 2.22. The van der Waals surface area contributed by atoms with Gasteiger partial charge in [0.2, 0.25) is 5.91 Å². The Bertz CT molecular complexity index is 645. The minimum atomic E-state index is 0.0186. The van der Waals surface area contributed by atoms with E-state index in [-0.39, 0.29) is 5.91 Å². The molecule has 2 aromatic rings. The van der Waals surface area contributed by atoms with Crippen LogP contribution in [0.2, 0.25) is 4.34 Å². The topological polar surface area (TPSA) is 41.6 Å². The van der Waals surface area contributed by atoms with Crippen molar-refractivity contribution in [3.8, 4) is 5.75 Å². The van der Waals surface area contributed by atoms with Crippen LogP contribution >= 0.6 is 22.9 Å². The van der Waals surface area contributed by atoms with Crippen LogP contribution in [0, 0.1) is 0 Å². The summed E-state index contributed by atoms with van der Waals surface area (Å²) in [5.41, 5.74) is 1.09. The minimum Gasteiger partial charge on any atom is -0.496 e. The van der Waals surface area contributed by atoms with Crippen LogP contribution in [0.5, 0.6) is 5.75 Å². The second-order valence-corrected chi connectivity index (χ2v) is 7.09. The van der Waals surface area contributed by atoms with E-state index < -0.39 is 0 Å². The highest BCUT2D eigenvalue weighted by atomic mass is 35.5. The number of para-hydroxylation sites is 1. The van der Waals surface area contributed by atoms with Crippen molar-refractivity contribution < 1.29 is 9.53 Å². The third kappa shape index (κ3) is 5.86. The van der Waals surface area contributed by atoms with Gasteiger partial charge in [-0.05, 0) is 37.2 Å². The lowest BCUT2D eigenvalue weighted by molar-refractivity contribution is -0.122. The summed E-state index contributed by atoms with van der Waals surface area (Å²) < 4.78 is 6.08. The third-order valence-corrected chi connectivity index (χ3v) is 4.59. The number of methoxy groups -OCH3 is 1. The number of hydrogen-bond acceptors (Lipinski definition) is 4. The molecule has 0 fully saturated rings. The van der Waals surface area contributed by atoms with Gasteiger partial charge in [-0.2, -0.15) is 0 Å². The van der Waals surface area contributed by atoms with Crippen LogP contribution in [-0.4, -0.2) is 38.1 Å². The number of benzene rings is 1. The quantitative estimate of drug-likeness (QED) is 0.793. The van der Waals surface area contributed by atoms with Gasteiger partial charge in [-0.3, -0.25) is 9.69 Å². The van der Waals surface area contributed by atoms with Crippen LogP contribution in [0.1, 0.15) is 10.4 Å². The zero-order valence-corrected chi connectivity index (χ0v) is 14.9. The Morgan fingerprint density at radius 1 is 1.30 bits per heavy atom. The number of thiophene rings is 1. The van der Waals surface area contributed by atoms with E-state index >= 15 is 0 Å². The van der Waals surface area contributed by atoms with E-state index in [0.717, 1.165) is 33.5 Å². The Morgan fingerprint density at radius 2 is 2.09 bits per heavy atom. The van der Waals surface area contributed by atoms with Gasteiger partial charge in [0, 0.05) is 18.0 Å². The maximum Gasteiger partial charge on any atom is 0.234 e. The molecule has 0 saturated carbocycles. The van der Waals surface area contributed by atoms with Crippen molar-refractivity contribution >= 4 is 28.8 Å². The van der Waals surface area contributed by atoms with Crippen molar-refractivity contribution in [2.24, 2.45) is 0 Å². The largest absolute Gasteiger partial charge is 0.496 e. The van der Waals surface area contributed by atoms with E-state index in [0.29, 0.717) is 13.1 Å². The first-order chi connectivity index (χ1) is 11.1. The predicted molar refractivity (Wildman–Crippen MR) is 95.4 cm³/mol. The molecule has 23 heavy (non-hydrogen) atoms. The molecule has 0 saturated heterocycles. The Hall–Kier alpha value is -1.56. The average Bonchev–Trinajstić information content (AvgIpc) is 2.92. The number of nitrogens with one attached hydrogen (secondary N) is 1. The molecule has 1 heterocycles. The molecule has 0 unspecified atom stereocenters. The first-order valence-electron chi connectivity index (χ1n) is 7.40. The lowest BCUT2D eigenvalue weighted by Crippen LogP contribution is -2.35. The molecule has 0 atom stereocenters. The normalized spacial score (nSPS) is 10.8. The molecule has 2 rings (SSSR count). The summed E-state index contributed by atoms with van der Waals surface area (Å²) in [6.45, 7) is 1.68. The smallest absolute Gasteiger partial charge is 0.234 e. The summed E-state index contributed by atoms with van der Waals surface area (Å²) >= 11 is 7.45. The average molecular weight is 353 g/mol. The van der Waals surface area contributed by atoms with Gasteiger partial charge in [0.15, 0.2) is 0 Å². The lowest BCUT2D eigenvalue weighted by atomic mass is 10.1. The number of likely N-dealkylation sites (N-methyl/N-ethyl adjacent to an activating group) is 1. The molecule has 0 radical (unpaired) electrons. The van der Waals surface area contributed by atoms with Crippen molar-refractivity contribution in [2.75, 3.05) is 27.2 Å². The van der Waals surface area contributed by atoms with Crippen LogP contribution in [0.4, 0.5) is 0 Å². The molecule has 0 aliphatic rings. The van der Waals surface area contributed by atoms with Gasteiger partial charge in [-0.25, -0.2) is 0 Å². The van der Waals surface area contributed by atoms with Crippen LogP contribution in [0.25, 0.3) is 0 Å². The molecule has 1 amide bonds. The number of carbonyl (C=O) groups excluding carboxylic acids is 1. The second kappa shape index (κ2) is 8.91. The first kappa shape index (κ1) is 17.8. The van der Waals surface area contributed by atoms with Gasteiger partial charge in [0.1, 0.15) is 5.75 Å². The van der Waals surface area contributed by atoms with E-state index in [1.165, 1.54) is 0 Å². The van der Waals surface area contributed by atoms with Gasteiger partial charge in [-0.15, -0.1) is 11.3 Å². The number of rotatable bonds is 8. The fourth-order valence-corrected chi connectivity index (χ4v) is 3.47. The first-order valence-corrected chi connectivity index (χ1v) is 8.59. The highest BCUT2D eigenvalue weighted by molar-refractivity contribution is 7.16. The Kier molecular flexibility index (Phi) is 6.89. The zero-order valence-electron chi connectivity index (χ0n) is 13.3. The molecular weight excluding hydrogens is 332 g/mol. The highest BCUT2D eigenvalue weighted by Gasteiger charge is 2.09. The molecule has 124 valence electrons. The predicted octanol–water partition coefficient (Wildman–Crippen LogP) is 3.20. The van der Waals surface area contributed by atoms with E-state index in [1.54, 1.807) is 18.4 Å². The third-order valence-electron chi connectivity index (χ3n) is 3.38. The summed E-state index contributed by atoms with van der Waals surface area (Å²) in [4.78, 5) is 15.1. The number of halogens is 1. The van der Waals surface area contributed by atoms with Crippen LogP contribution in [0.3, 0.4) is 0 Å². The zero-order chi connectivity index (χ0) is 16.7. The number of amides is 1. The Morgan fingerprint density at radius 3 is 2.78 bits per heavy atom. The van der Waals surface area contributed by atoms with Crippen molar-refractivity contribution in [3.05, 3.63) is 51.2 Å². The van der Waals surface area contributed by atoms with Crippen molar-refractivity contribution in [2.45, 2.75) is 13.0 Å². The summed E-state index contributed by atoms with van der Waals surface area (Å²) in [6, 6.07) is 11.7. The van der Waals surface area contributed by atoms with E-state index in [4.69, 9.17) is 16.3 Å². The molecule has 4 nitrogen and oxygen atoms in total. The van der Waals surface area contributed by atoms with Crippen molar-refractivity contribution in [3.63, 3.8) is 0 Å². The van der Waals surface area contributed by atoms with Crippen LogP contribution < -0.4 is 10.1 Å². The van der Waals surface area contributed by atoms with Gasteiger partial charge >= 0.3 is 0 Å². The molecule has 6 heteroatoms. The molecule has 0 bridgehead atoms. The standard InChI is InChI=1S/C17H21ClN2O2S/c1-20(11-14-7-8-16(18)23-14)12-17(21)19-10-9-13-5-3-4-6-15(13)22-2/h3-8H,9-12H2,1-2H3,(H,19,21). The number of hydrogen-bond donors (Lipinski definition) is 1. The summed E-state index contributed by atoms with van der Waals surface area (Å²) in [5.74, 6) is 0.874. The Labute approximate surface area is 146 Å². The molecule has 0 aliphatic carbocycles. The molecule has 0 aliphatic heterocycles. The van der Waals surface area contributed by atoms with Crippen molar-refractivity contribution in [1.29, 1.82) is 0 Å². The molecular formula is C17H21ClN2O2S. The SMILES string of the molecule is COc1ccccc1CCNC(=O)CN(C)Cc1ccc(Cl)s1. The van der Waals surface area contributed by atoms with E-state index in [2.05, 4.69) is 5.32 Å². The van der Waals surface area contributed by atoms with Gasteiger partial charge in [-0.1, -0.05) is 29.8 Å². The minimum absolute atomic E-state index is 0.0186. The summed E-state index contributed by atoms with van der Waals surface area (Å²) in [7, 11) is 3.58. The Balaban J connectivity index is 1.72. The van der Waals surface area contributed by atoms with Gasteiger partial charge in [0.05, 0.1) is 18.0 Å². The second-order valence-electron chi connectivity index (χ2n) is 5.29. The van der Waals surface area contributed by atoms with Gasteiger partial charge in [0.25, 0.3) is 0 Å². The maximum absolute atomic E-state index is 12.0. The number of carbonyl (C=O) groups is 1. The lowest BCUT2D eigenvalue weighted by Gasteiger charge is -2.15. The maximum atomic E-state index is 12.0. The number of nitrogens with zero attached hydrogens (tertiary/aromatic N) is 1. The molecule has 1 aromatic heterocycles. The van der Waals surface area contributed by atoms with Crippen molar-refractivity contribution in [1.82, 2.24) is 10.2 Å². The monoisotopic (exact) mass is 352 g/mol. The fraction of sp³-hybridized carbons (Fsp3) is 0.353. The summed E-state index contributed by atoms with van der Waals surface area (Å²) in [5, 5.41) is 2.95. The molecule has 1 N–H and O–H groups in total. The number of ether oxygens (including phenoxy) is 1.